The number of hydrogen-bond donors (Lipinski definition) is 1. The largest absolute Gasteiger partial charge is 0.385 e. The normalized spacial score (nSPS) is 18.2. The minimum Gasteiger partial charge on any atom is -0.385 e. The van der Waals surface area contributed by atoms with Gasteiger partial charge in [-0.1, -0.05) is 6.92 Å². The summed E-state index contributed by atoms with van der Waals surface area (Å²) in [6, 6.07) is 0.823. The lowest BCUT2D eigenvalue weighted by Gasteiger charge is -2.34. The van der Waals surface area contributed by atoms with E-state index in [0.29, 0.717) is 0 Å². The predicted octanol–water partition coefficient (Wildman–Crippen LogP) is 1.88. The third kappa shape index (κ3) is 5.28. The van der Waals surface area contributed by atoms with Gasteiger partial charge in [-0.25, -0.2) is 0 Å². The Bertz CT molecular complexity index is 158. The van der Waals surface area contributed by atoms with Gasteiger partial charge in [0.25, 0.3) is 0 Å². The van der Waals surface area contributed by atoms with Gasteiger partial charge in [-0.3, -0.25) is 0 Å². The molecule has 1 aliphatic rings. The number of hydrogen-bond acceptors (Lipinski definition) is 3. The summed E-state index contributed by atoms with van der Waals surface area (Å²) in [5.41, 5.74) is 0. The summed E-state index contributed by atoms with van der Waals surface area (Å²) in [6.07, 6.45) is 6.39. The first-order chi connectivity index (χ1) is 7.88. The maximum Gasteiger partial charge on any atom is 0.0462 e. The number of methoxy groups -OCH3 is 1. The van der Waals surface area contributed by atoms with Gasteiger partial charge in [0, 0.05) is 19.8 Å². The molecule has 0 radical (unpaired) electrons. The van der Waals surface area contributed by atoms with Crippen molar-refractivity contribution in [2.24, 2.45) is 0 Å². The molecule has 0 aromatic carbocycles. The molecule has 1 aliphatic heterocycles. The van der Waals surface area contributed by atoms with Gasteiger partial charge in [0.05, 0.1) is 0 Å². The van der Waals surface area contributed by atoms with Gasteiger partial charge in [0.1, 0.15) is 0 Å². The molecule has 16 heavy (non-hydrogen) atoms. The van der Waals surface area contributed by atoms with Crippen LogP contribution in [-0.2, 0) is 4.74 Å². The fraction of sp³-hybridized carbons (Fsp3) is 1.00. The van der Waals surface area contributed by atoms with Gasteiger partial charge in [-0.05, 0) is 58.3 Å². The Hall–Kier alpha value is -0.120. The smallest absolute Gasteiger partial charge is 0.0462 e. The Morgan fingerprint density at radius 2 is 1.94 bits per heavy atom. The van der Waals surface area contributed by atoms with Gasteiger partial charge < -0.3 is 15.0 Å². The highest BCUT2D eigenvalue weighted by molar-refractivity contribution is 4.77. The topological polar surface area (TPSA) is 24.5 Å². The molecule has 0 saturated carbocycles. The lowest BCUT2D eigenvalue weighted by Crippen LogP contribution is -2.43. The van der Waals surface area contributed by atoms with E-state index in [0.717, 1.165) is 12.6 Å². The summed E-state index contributed by atoms with van der Waals surface area (Å²) in [7, 11) is 1.79. The molecule has 0 aromatic rings. The molecular formula is C13H28N2O. The first-order valence-corrected chi connectivity index (χ1v) is 6.82. The van der Waals surface area contributed by atoms with Crippen LogP contribution in [0.15, 0.2) is 0 Å². The number of ether oxygens (including phenoxy) is 1. The van der Waals surface area contributed by atoms with Crippen LogP contribution in [0.5, 0.6) is 0 Å². The summed E-state index contributed by atoms with van der Waals surface area (Å²) in [5.74, 6) is 0. The van der Waals surface area contributed by atoms with Gasteiger partial charge in [0.2, 0.25) is 0 Å². The molecule has 1 rings (SSSR count). The van der Waals surface area contributed by atoms with E-state index in [4.69, 9.17) is 4.74 Å². The zero-order chi connectivity index (χ0) is 11.6. The molecule has 0 aliphatic carbocycles. The molecule has 96 valence electrons. The van der Waals surface area contributed by atoms with Crippen LogP contribution in [0.2, 0.25) is 0 Å². The average molecular weight is 228 g/mol. The predicted molar refractivity (Wildman–Crippen MR) is 68.9 cm³/mol. The maximum absolute atomic E-state index is 5.10. The fourth-order valence-electron chi connectivity index (χ4n) is 2.50. The maximum atomic E-state index is 5.10. The quantitative estimate of drug-likeness (QED) is 0.642. The molecule has 1 heterocycles. The number of rotatable bonds is 8. The van der Waals surface area contributed by atoms with Crippen molar-refractivity contribution in [1.29, 1.82) is 0 Å². The monoisotopic (exact) mass is 228 g/mol. The van der Waals surface area contributed by atoms with Crippen LogP contribution < -0.4 is 5.32 Å². The van der Waals surface area contributed by atoms with Gasteiger partial charge in [0.15, 0.2) is 0 Å². The second kappa shape index (κ2) is 8.97. The van der Waals surface area contributed by atoms with Crippen LogP contribution >= 0.6 is 0 Å². The molecule has 3 nitrogen and oxygen atoms in total. The molecule has 0 bridgehead atoms. The number of nitrogens with one attached hydrogen (secondary N) is 1. The number of unbranched alkanes of at least 4 members (excludes halogenated alkanes) is 1. The lowest BCUT2D eigenvalue weighted by atomic mass is 10.0. The molecule has 0 unspecified atom stereocenters. The van der Waals surface area contributed by atoms with E-state index in [-0.39, 0.29) is 0 Å². The molecule has 0 atom stereocenters. The zero-order valence-electron chi connectivity index (χ0n) is 11.0. The summed E-state index contributed by atoms with van der Waals surface area (Å²) in [4.78, 5) is 2.69. The van der Waals surface area contributed by atoms with E-state index in [1.165, 1.54) is 58.3 Å². The van der Waals surface area contributed by atoms with Gasteiger partial charge in [-0.2, -0.15) is 0 Å². The van der Waals surface area contributed by atoms with Crippen molar-refractivity contribution in [3.8, 4) is 0 Å². The van der Waals surface area contributed by atoms with E-state index in [2.05, 4.69) is 17.1 Å². The van der Waals surface area contributed by atoms with Crippen LogP contribution in [0.4, 0.5) is 0 Å². The number of piperidine rings is 1. The van der Waals surface area contributed by atoms with Crippen LogP contribution in [-0.4, -0.2) is 50.8 Å². The Morgan fingerprint density at radius 1 is 1.19 bits per heavy atom. The Balaban J connectivity index is 2.22. The third-order valence-corrected chi connectivity index (χ3v) is 3.38. The van der Waals surface area contributed by atoms with Gasteiger partial charge >= 0.3 is 0 Å². The highest BCUT2D eigenvalue weighted by Gasteiger charge is 2.19. The first-order valence-electron chi connectivity index (χ1n) is 6.82. The Labute approximate surface area is 101 Å². The highest BCUT2D eigenvalue weighted by Crippen LogP contribution is 2.13. The molecule has 0 amide bonds. The standard InChI is InChI=1S/C13H28N2O/c1-3-10-15(11-4-5-12-16-2)13-6-8-14-9-7-13/h13-14H,3-12H2,1-2H3. The SMILES string of the molecule is CCCN(CCCCOC)C1CCNCC1. The number of nitrogens with zero attached hydrogens (tertiary/aromatic N) is 1. The van der Waals surface area contributed by atoms with Crippen LogP contribution in [0.3, 0.4) is 0 Å². The molecule has 1 saturated heterocycles. The molecule has 1 fully saturated rings. The van der Waals surface area contributed by atoms with E-state index >= 15 is 0 Å². The summed E-state index contributed by atoms with van der Waals surface area (Å²) in [6.45, 7) is 8.10. The van der Waals surface area contributed by atoms with Crippen molar-refractivity contribution in [2.75, 3.05) is 39.9 Å². The van der Waals surface area contributed by atoms with Crippen molar-refractivity contribution < 1.29 is 4.74 Å². The van der Waals surface area contributed by atoms with Crippen molar-refractivity contribution in [2.45, 2.75) is 45.1 Å². The minimum atomic E-state index is 0.823. The Kier molecular flexibility index (Phi) is 7.81. The summed E-state index contributed by atoms with van der Waals surface area (Å²) in [5, 5.41) is 3.44. The fourth-order valence-corrected chi connectivity index (χ4v) is 2.50. The van der Waals surface area contributed by atoms with Crippen LogP contribution in [0.25, 0.3) is 0 Å². The lowest BCUT2D eigenvalue weighted by molar-refractivity contribution is 0.146. The molecule has 1 N–H and O–H groups in total. The second-order valence-electron chi connectivity index (χ2n) is 4.72. The molecule has 0 spiro atoms. The average Bonchev–Trinajstić information content (AvgIpc) is 2.34. The van der Waals surface area contributed by atoms with Crippen molar-refractivity contribution in [3.05, 3.63) is 0 Å². The van der Waals surface area contributed by atoms with E-state index < -0.39 is 0 Å². The van der Waals surface area contributed by atoms with Crippen LogP contribution in [0.1, 0.15) is 39.0 Å². The van der Waals surface area contributed by atoms with Crippen molar-refractivity contribution >= 4 is 0 Å². The van der Waals surface area contributed by atoms with Crippen molar-refractivity contribution in [1.82, 2.24) is 10.2 Å². The third-order valence-electron chi connectivity index (χ3n) is 3.38. The first kappa shape index (κ1) is 13.9. The highest BCUT2D eigenvalue weighted by atomic mass is 16.5. The van der Waals surface area contributed by atoms with Gasteiger partial charge in [-0.15, -0.1) is 0 Å². The van der Waals surface area contributed by atoms with E-state index in [1.807, 2.05) is 0 Å². The zero-order valence-corrected chi connectivity index (χ0v) is 11.0. The van der Waals surface area contributed by atoms with E-state index in [1.54, 1.807) is 7.11 Å². The Morgan fingerprint density at radius 3 is 2.56 bits per heavy atom. The van der Waals surface area contributed by atoms with Crippen molar-refractivity contribution in [3.63, 3.8) is 0 Å². The molecule has 0 aromatic heterocycles. The molecule has 3 heteroatoms. The second-order valence-corrected chi connectivity index (χ2v) is 4.72. The summed E-state index contributed by atoms with van der Waals surface area (Å²) < 4.78 is 5.10. The van der Waals surface area contributed by atoms with Crippen LogP contribution in [0, 0.1) is 0 Å². The summed E-state index contributed by atoms with van der Waals surface area (Å²) >= 11 is 0. The van der Waals surface area contributed by atoms with E-state index in [9.17, 15) is 0 Å². The minimum absolute atomic E-state index is 0.823. The molecular weight excluding hydrogens is 200 g/mol.